The van der Waals surface area contributed by atoms with E-state index in [1.807, 2.05) is 6.92 Å². The second kappa shape index (κ2) is 6.11. The van der Waals surface area contributed by atoms with Gasteiger partial charge in [0.15, 0.2) is 5.84 Å². The first kappa shape index (κ1) is 15.3. The third-order valence-electron chi connectivity index (χ3n) is 4.16. The lowest BCUT2D eigenvalue weighted by atomic mass is 9.83. The second-order valence-corrected chi connectivity index (χ2v) is 5.30. The molecule has 1 aromatic rings. The summed E-state index contributed by atoms with van der Waals surface area (Å²) in [6, 6.07) is 5.75. The van der Waals surface area contributed by atoms with E-state index >= 15 is 0 Å². The highest BCUT2D eigenvalue weighted by Crippen LogP contribution is 2.41. The first-order valence-corrected chi connectivity index (χ1v) is 7.10. The van der Waals surface area contributed by atoms with Gasteiger partial charge in [0.25, 0.3) is 0 Å². The van der Waals surface area contributed by atoms with Crippen LogP contribution in [-0.4, -0.2) is 23.5 Å². The molecule has 5 nitrogen and oxygen atoms in total. The van der Waals surface area contributed by atoms with Crippen molar-refractivity contribution < 1.29 is 14.4 Å². The minimum Gasteiger partial charge on any atom is -0.409 e. The molecule has 0 aromatic heterocycles. The molecule has 3 N–H and O–H groups in total. The molecule has 1 amide bonds. The van der Waals surface area contributed by atoms with E-state index in [4.69, 9.17) is 10.9 Å². The Morgan fingerprint density at radius 2 is 1.95 bits per heavy atom. The number of amides is 1. The summed E-state index contributed by atoms with van der Waals surface area (Å²) in [6.07, 6.45) is 2.87. The van der Waals surface area contributed by atoms with Crippen LogP contribution in [0.4, 0.5) is 10.1 Å². The number of carbonyl (C=O) groups is 1. The smallest absolute Gasteiger partial charge is 0.240 e. The lowest BCUT2D eigenvalue weighted by molar-refractivity contribution is -0.124. The van der Waals surface area contributed by atoms with Crippen molar-refractivity contribution in [2.45, 2.75) is 32.6 Å². The lowest BCUT2D eigenvalue weighted by Gasteiger charge is -2.32. The highest BCUT2D eigenvalue weighted by atomic mass is 19.1. The van der Waals surface area contributed by atoms with Gasteiger partial charge in [0.05, 0.1) is 0 Å². The Kier molecular flexibility index (Phi) is 4.45. The van der Waals surface area contributed by atoms with Crippen LogP contribution in [0.5, 0.6) is 0 Å². The van der Waals surface area contributed by atoms with Crippen molar-refractivity contribution in [1.29, 1.82) is 0 Å². The molecular formula is C15H20FN3O2. The molecule has 1 aromatic carbocycles. The van der Waals surface area contributed by atoms with E-state index in [0.717, 1.165) is 12.8 Å². The predicted octanol–water partition coefficient (Wildman–Crippen LogP) is 2.49. The fourth-order valence-corrected chi connectivity index (χ4v) is 2.98. The van der Waals surface area contributed by atoms with Crippen LogP contribution >= 0.6 is 0 Å². The predicted molar refractivity (Wildman–Crippen MR) is 78.7 cm³/mol. The first-order valence-electron chi connectivity index (χ1n) is 7.10. The fraction of sp³-hybridized carbons (Fsp3) is 0.467. The van der Waals surface area contributed by atoms with Gasteiger partial charge in [-0.05, 0) is 44.0 Å². The average Bonchev–Trinajstić information content (AvgIpc) is 2.99. The van der Waals surface area contributed by atoms with Crippen LogP contribution in [0.15, 0.2) is 29.4 Å². The maximum Gasteiger partial charge on any atom is 0.240 e. The van der Waals surface area contributed by atoms with E-state index in [1.54, 1.807) is 17.0 Å². The summed E-state index contributed by atoms with van der Waals surface area (Å²) in [4.78, 5) is 14.5. The maximum absolute atomic E-state index is 13.0. The molecule has 0 unspecified atom stereocenters. The van der Waals surface area contributed by atoms with E-state index < -0.39 is 5.41 Å². The van der Waals surface area contributed by atoms with Crippen LogP contribution in [0.2, 0.25) is 0 Å². The molecule has 1 fully saturated rings. The Morgan fingerprint density at radius 1 is 1.38 bits per heavy atom. The minimum atomic E-state index is -0.945. The average molecular weight is 293 g/mol. The highest BCUT2D eigenvalue weighted by molar-refractivity contribution is 6.13. The summed E-state index contributed by atoms with van der Waals surface area (Å²) in [7, 11) is 0. The van der Waals surface area contributed by atoms with Gasteiger partial charge in [0, 0.05) is 12.2 Å². The lowest BCUT2D eigenvalue weighted by Crippen LogP contribution is -2.50. The normalized spacial score (nSPS) is 17.7. The number of nitrogens with zero attached hydrogens (tertiary/aromatic N) is 2. The van der Waals surface area contributed by atoms with Gasteiger partial charge < -0.3 is 15.8 Å². The highest BCUT2D eigenvalue weighted by Gasteiger charge is 2.47. The minimum absolute atomic E-state index is 0.0365. The molecule has 0 radical (unpaired) electrons. The standard InChI is InChI=1S/C15H20FN3O2/c1-2-19(12-7-5-11(16)6-8-12)14(20)15(13(17)18-21)9-3-4-10-15/h5-8,21H,2-4,9-10H2,1H3,(H2,17,18). The zero-order valence-corrected chi connectivity index (χ0v) is 12.1. The third-order valence-corrected chi connectivity index (χ3v) is 4.16. The van der Waals surface area contributed by atoms with Crippen molar-refractivity contribution in [3.8, 4) is 0 Å². The third kappa shape index (κ3) is 2.70. The molecule has 1 aliphatic carbocycles. The molecule has 0 spiro atoms. The van der Waals surface area contributed by atoms with E-state index in [9.17, 15) is 9.18 Å². The van der Waals surface area contributed by atoms with E-state index in [0.29, 0.717) is 25.1 Å². The fourth-order valence-electron chi connectivity index (χ4n) is 2.98. The van der Waals surface area contributed by atoms with Crippen LogP contribution in [0.3, 0.4) is 0 Å². The Bertz CT molecular complexity index is 536. The van der Waals surface area contributed by atoms with E-state index in [1.165, 1.54) is 12.1 Å². The molecule has 114 valence electrons. The monoisotopic (exact) mass is 293 g/mol. The second-order valence-electron chi connectivity index (χ2n) is 5.30. The zero-order chi connectivity index (χ0) is 15.5. The van der Waals surface area contributed by atoms with E-state index in [2.05, 4.69) is 5.16 Å². The van der Waals surface area contributed by atoms with Crippen molar-refractivity contribution in [1.82, 2.24) is 0 Å². The molecule has 1 aliphatic rings. The molecule has 1 saturated carbocycles. The van der Waals surface area contributed by atoms with Gasteiger partial charge in [0.2, 0.25) is 5.91 Å². The first-order chi connectivity index (χ1) is 10.0. The van der Waals surface area contributed by atoms with Crippen molar-refractivity contribution in [3.63, 3.8) is 0 Å². The topological polar surface area (TPSA) is 78.9 Å². The Labute approximate surface area is 123 Å². The molecule has 21 heavy (non-hydrogen) atoms. The number of hydrogen-bond acceptors (Lipinski definition) is 3. The Morgan fingerprint density at radius 3 is 2.43 bits per heavy atom. The van der Waals surface area contributed by atoms with Crippen molar-refractivity contribution >= 4 is 17.4 Å². The Balaban J connectivity index is 2.36. The summed E-state index contributed by atoms with van der Waals surface area (Å²) in [5.74, 6) is -0.579. The number of hydrogen-bond donors (Lipinski definition) is 2. The van der Waals surface area contributed by atoms with Crippen LogP contribution in [0, 0.1) is 11.2 Å². The Hall–Kier alpha value is -2.11. The SMILES string of the molecule is CCN(C(=O)C1(C(N)=NO)CCCC1)c1ccc(F)cc1. The van der Waals surface area contributed by atoms with Crippen LogP contribution < -0.4 is 10.6 Å². The molecule has 6 heteroatoms. The van der Waals surface area contributed by atoms with Crippen molar-refractivity contribution in [2.24, 2.45) is 16.3 Å². The number of carbonyl (C=O) groups excluding carboxylic acids is 1. The van der Waals surface area contributed by atoms with Crippen LogP contribution in [0.1, 0.15) is 32.6 Å². The number of halogens is 1. The van der Waals surface area contributed by atoms with Crippen LogP contribution in [-0.2, 0) is 4.79 Å². The molecule has 0 aliphatic heterocycles. The summed E-state index contributed by atoms with van der Waals surface area (Å²) in [5, 5.41) is 12.1. The quantitative estimate of drug-likeness (QED) is 0.387. The summed E-state index contributed by atoms with van der Waals surface area (Å²) < 4.78 is 13.0. The number of anilines is 1. The zero-order valence-electron chi connectivity index (χ0n) is 12.1. The summed E-state index contributed by atoms with van der Waals surface area (Å²) in [5.41, 5.74) is 5.47. The molecular weight excluding hydrogens is 273 g/mol. The van der Waals surface area contributed by atoms with Gasteiger partial charge >= 0.3 is 0 Å². The maximum atomic E-state index is 13.0. The number of benzene rings is 1. The largest absolute Gasteiger partial charge is 0.409 e. The van der Waals surface area contributed by atoms with Crippen LogP contribution in [0.25, 0.3) is 0 Å². The van der Waals surface area contributed by atoms with Gasteiger partial charge in [0.1, 0.15) is 11.2 Å². The van der Waals surface area contributed by atoms with E-state index in [-0.39, 0.29) is 17.6 Å². The van der Waals surface area contributed by atoms with Gasteiger partial charge in [-0.15, -0.1) is 0 Å². The molecule has 0 saturated heterocycles. The molecule has 0 bridgehead atoms. The summed E-state index contributed by atoms with van der Waals surface area (Å²) in [6.45, 7) is 2.28. The van der Waals surface area contributed by atoms with Gasteiger partial charge in [-0.3, -0.25) is 4.79 Å². The van der Waals surface area contributed by atoms with Gasteiger partial charge in [-0.1, -0.05) is 18.0 Å². The van der Waals surface area contributed by atoms with Crippen molar-refractivity contribution in [3.05, 3.63) is 30.1 Å². The molecule has 2 rings (SSSR count). The van der Waals surface area contributed by atoms with Gasteiger partial charge in [-0.2, -0.15) is 0 Å². The number of oxime groups is 1. The summed E-state index contributed by atoms with van der Waals surface area (Å²) >= 11 is 0. The van der Waals surface area contributed by atoms with Gasteiger partial charge in [-0.25, -0.2) is 4.39 Å². The number of nitrogens with two attached hydrogens (primary N) is 1. The number of amidine groups is 1. The number of rotatable bonds is 4. The molecule has 0 atom stereocenters. The van der Waals surface area contributed by atoms with Crippen molar-refractivity contribution in [2.75, 3.05) is 11.4 Å². The molecule has 0 heterocycles.